The fourth-order valence-electron chi connectivity index (χ4n) is 3.16. The van der Waals surface area contributed by atoms with Crippen molar-refractivity contribution in [1.82, 2.24) is 5.43 Å². The van der Waals surface area contributed by atoms with E-state index in [1.54, 1.807) is 0 Å². The van der Waals surface area contributed by atoms with E-state index < -0.39 is 0 Å². The smallest absolute Gasteiger partial charge is 0.0897 e. The highest BCUT2D eigenvalue weighted by molar-refractivity contribution is 7.12. The van der Waals surface area contributed by atoms with Crippen molar-refractivity contribution in [1.29, 1.82) is 0 Å². The van der Waals surface area contributed by atoms with Crippen LogP contribution in [0.1, 0.15) is 55.3 Å². The van der Waals surface area contributed by atoms with Gasteiger partial charge in [0.2, 0.25) is 0 Å². The molecule has 1 atom stereocenters. The van der Waals surface area contributed by atoms with Crippen molar-refractivity contribution in [2.75, 3.05) is 6.61 Å². The van der Waals surface area contributed by atoms with E-state index in [1.807, 2.05) is 11.3 Å². The molecule has 0 aliphatic heterocycles. The van der Waals surface area contributed by atoms with E-state index in [0.29, 0.717) is 0 Å². The maximum atomic E-state index is 6.20. The summed E-state index contributed by atoms with van der Waals surface area (Å²) in [5.41, 5.74) is 2.90. The van der Waals surface area contributed by atoms with E-state index in [1.165, 1.54) is 22.6 Å². The number of rotatable bonds is 5. The lowest BCUT2D eigenvalue weighted by Gasteiger charge is -2.44. The van der Waals surface area contributed by atoms with Crippen LogP contribution < -0.4 is 11.3 Å². The number of hydrazine groups is 1. The summed E-state index contributed by atoms with van der Waals surface area (Å²) in [4.78, 5) is 2.62. The van der Waals surface area contributed by atoms with Crippen molar-refractivity contribution < 1.29 is 4.74 Å². The van der Waals surface area contributed by atoms with Crippen LogP contribution in [0.5, 0.6) is 0 Å². The van der Waals surface area contributed by atoms with Crippen LogP contribution in [0.2, 0.25) is 0 Å². The van der Waals surface area contributed by atoms with Crippen molar-refractivity contribution in [3.63, 3.8) is 0 Å². The van der Waals surface area contributed by atoms with Crippen LogP contribution in [0, 0.1) is 12.8 Å². The number of ether oxygens (including phenoxy) is 1. The molecule has 1 heterocycles. The number of thiophene rings is 1. The summed E-state index contributed by atoms with van der Waals surface area (Å²) in [7, 11) is 0. The Bertz CT molecular complexity index is 397. The predicted octanol–water partition coefficient (Wildman–Crippen LogP) is 3.55. The van der Waals surface area contributed by atoms with Gasteiger partial charge >= 0.3 is 0 Å². The highest BCUT2D eigenvalue weighted by atomic mass is 32.1. The Morgan fingerprint density at radius 2 is 2.16 bits per heavy atom. The summed E-state index contributed by atoms with van der Waals surface area (Å²) in [5.74, 6) is 6.67. The van der Waals surface area contributed by atoms with Crippen LogP contribution >= 0.6 is 11.3 Å². The molecule has 0 spiro atoms. The number of aryl methyl sites for hydroxylation is 1. The summed E-state index contributed by atoms with van der Waals surface area (Å²) in [6.07, 6.45) is 4.63. The van der Waals surface area contributed by atoms with Gasteiger partial charge in [-0.1, -0.05) is 6.92 Å². The quantitative estimate of drug-likeness (QED) is 0.641. The second-order valence-electron chi connectivity index (χ2n) is 5.73. The second-order valence-corrected chi connectivity index (χ2v) is 7.05. The minimum absolute atomic E-state index is 0.110. The second kappa shape index (κ2) is 6.35. The molecule has 3 nitrogen and oxygen atoms in total. The molecule has 2 rings (SSSR count). The molecule has 19 heavy (non-hydrogen) atoms. The van der Waals surface area contributed by atoms with Gasteiger partial charge in [0, 0.05) is 16.4 Å². The van der Waals surface area contributed by atoms with E-state index in [4.69, 9.17) is 10.6 Å². The summed E-state index contributed by atoms with van der Waals surface area (Å²) in [6, 6.07) is 4.46. The topological polar surface area (TPSA) is 47.3 Å². The van der Waals surface area contributed by atoms with E-state index in [0.717, 1.165) is 25.4 Å². The van der Waals surface area contributed by atoms with Crippen molar-refractivity contribution in [3.8, 4) is 0 Å². The third-order valence-electron chi connectivity index (χ3n) is 4.29. The predicted molar refractivity (Wildman–Crippen MR) is 81.1 cm³/mol. The third-order valence-corrected chi connectivity index (χ3v) is 5.36. The molecule has 0 aromatic carbocycles. The molecule has 1 aromatic rings. The van der Waals surface area contributed by atoms with Crippen molar-refractivity contribution in [2.45, 2.75) is 58.1 Å². The summed E-state index contributed by atoms with van der Waals surface area (Å²) in [6.45, 7) is 7.29. The van der Waals surface area contributed by atoms with Gasteiger partial charge in [0.15, 0.2) is 0 Å². The highest BCUT2D eigenvalue weighted by Crippen LogP contribution is 2.44. The average molecular weight is 282 g/mol. The SMILES string of the molecule is CCOC1(C(NN)c2ccc(C)s2)CCC(C)CC1. The Morgan fingerprint density at radius 3 is 2.63 bits per heavy atom. The Morgan fingerprint density at radius 1 is 1.47 bits per heavy atom. The first-order valence-corrected chi connectivity index (χ1v) is 8.09. The molecule has 108 valence electrons. The molecule has 1 fully saturated rings. The van der Waals surface area contributed by atoms with Gasteiger partial charge in [-0.25, -0.2) is 5.43 Å². The van der Waals surface area contributed by atoms with Crippen molar-refractivity contribution in [3.05, 3.63) is 21.9 Å². The Balaban J connectivity index is 2.25. The normalized spacial score (nSPS) is 29.4. The maximum absolute atomic E-state index is 6.20. The van der Waals surface area contributed by atoms with Gasteiger partial charge in [0.05, 0.1) is 11.6 Å². The Kier molecular flexibility index (Phi) is 5.01. The molecule has 4 heteroatoms. The first-order valence-electron chi connectivity index (χ1n) is 7.27. The molecule has 0 bridgehead atoms. The molecular formula is C15H26N2OS. The summed E-state index contributed by atoms with van der Waals surface area (Å²) in [5, 5.41) is 0. The van der Waals surface area contributed by atoms with Gasteiger partial charge in [0.1, 0.15) is 0 Å². The molecule has 0 amide bonds. The monoisotopic (exact) mass is 282 g/mol. The molecule has 1 unspecified atom stereocenters. The molecule has 1 aromatic heterocycles. The van der Waals surface area contributed by atoms with Crippen LogP contribution in [0.15, 0.2) is 12.1 Å². The number of hydrogen-bond donors (Lipinski definition) is 2. The highest BCUT2D eigenvalue weighted by Gasteiger charge is 2.43. The molecule has 0 radical (unpaired) electrons. The van der Waals surface area contributed by atoms with Gasteiger partial charge in [0.25, 0.3) is 0 Å². The molecule has 1 aliphatic carbocycles. The minimum Gasteiger partial charge on any atom is -0.373 e. The van der Waals surface area contributed by atoms with Crippen LogP contribution in [0.4, 0.5) is 0 Å². The summed E-state index contributed by atoms with van der Waals surface area (Å²) < 4.78 is 6.20. The lowest BCUT2D eigenvalue weighted by Crippen LogP contribution is -2.50. The Labute approximate surface area is 120 Å². The lowest BCUT2D eigenvalue weighted by molar-refractivity contribution is -0.0969. The fourth-order valence-corrected chi connectivity index (χ4v) is 4.20. The van der Waals surface area contributed by atoms with E-state index in [9.17, 15) is 0 Å². The molecule has 0 saturated heterocycles. The number of hydrogen-bond acceptors (Lipinski definition) is 4. The van der Waals surface area contributed by atoms with Gasteiger partial charge < -0.3 is 4.74 Å². The third kappa shape index (κ3) is 3.19. The first kappa shape index (κ1) is 15.0. The van der Waals surface area contributed by atoms with E-state index in [2.05, 4.69) is 38.3 Å². The largest absolute Gasteiger partial charge is 0.373 e. The van der Waals surface area contributed by atoms with Crippen molar-refractivity contribution in [2.24, 2.45) is 11.8 Å². The van der Waals surface area contributed by atoms with Gasteiger partial charge in [-0.2, -0.15) is 0 Å². The van der Waals surface area contributed by atoms with E-state index in [-0.39, 0.29) is 11.6 Å². The minimum atomic E-state index is -0.132. The zero-order valence-electron chi connectivity index (χ0n) is 12.2. The van der Waals surface area contributed by atoms with Gasteiger partial charge in [-0.05, 0) is 57.6 Å². The summed E-state index contributed by atoms with van der Waals surface area (Å²) >= 11 is 1.82. The van der Waals surface area contributed by atoms with Crippen LogP contribution in [-0.2, 0) is 4.74 Å². The van der Waals surface area contributed by atoms with Crippen LogP contribution in [0.3, 0.4) is 0 Å². The van der Waals surface area contributed by atoms with Gasteiger partial charge in [-0.15, -0.1) is 11.3 Å². The number of nitrogens with two attached hydrogens (primary N) is 1. The lowest BCUT2D eigenvalue weighted by atomic mass is 9.75. The van der Waals surface area contributed by atoms with Crippen LogP contribution in [-0.4, -0.2) is 12.2 Å². The Hall–Kier alpha value is -0.420. The molecule has 1 aliphatic rings. The maximum Gasteiger partial charge on any atom is 0.0897 e. The zero-order chi connectivity index (χ0) is 13.9. The molecule has 1 saturated carbocycles. The number of nitrogens with one attached hydrogen (secondary N) is 1. The fraction of sp³-hybridized carbons (Fsp3) is 0.733. The average Bonchev–Trinajstić information content (AvgIpc) is 2.81. The molecule has 3 N–H and O–H groups in total. The van der Waals surface area contributed by atoms with E-state index >= 15 is 0 Å². The zero-order valence-corrected chi connectivity index (χ0v) is 13.1. The van der Waals surface area contributed by atoms with Gasteiger partial charge in [-0.3, -0.25) is 5.84 Å². The van der Waals surface area contributed by atoms with Crippen LogP contribution in [0.25, 0.3) is 0 Å². The van der Waals surface area contributed by atoms with Crippen molar-refractivity contribution >= 4 is 11.3 Å². The standard InChI is InChI=1S/C15H26N2OS/c1-4-18-15(9-7-11(2)8-10-15)14(17-16)13-6-5-12(3)19-13/h5-6,11,14,17H,4,7-10,16H2,1-3H3. The first-order chi connectivity index (χ1) is 9.11. The molecular weight excluding hydrogens is 256 g/mol.